The molecule has 1 aliphatic rings. The van der Waals surface area contributed by atoms with Crippen LogP contribution < -0.4 is 10.6 Å². The van der Waals surface area contributed by atoms with Crippen LogP contribution in [0.2, 0.25) is 5.02 Å². The van der Waals surface area contributed by atoms with Crippen LogP contribution in [0.25, 0.3) is 0 Å². The van der Waals surface area contributed by atoms with Crippen LogP contribution in [-0.2, 0) is 4.79 Å². The number of carbonyl (C=O) groups is 1. The Morgan fingerprint density at radius 3 is 2.79 bits per heavy atom. The van der Waals surface area contributed by atoms with E-state index in [0.717, 1.165) is 6.42 Å². The largest absolute Gasteiger partial charge is 0.324 e. The summed E-state index contributed by atoms with van der Waals surface area (Å²) in [5, 5.41) is 6.75. The topological polar surface area (TPSA) is 41.1 Å². The molecule has 2 N–H and O–H groups in total. The molecule has 1 aromatic carbocycles. The first-order valence-electron chi connectivity index (χ1n) is 6.77. The van der Waals surface area contributed by atoms with Gasteiger partial charge >= 0.3 is 0 Å². The van der Waals surface area contributed by atoms with Gasteiger partial charge in [-0.15, -0.1) is 0 Å². The first kappa shape index (κ1) is 14.4. The minimum Gasteiger partial charge on any atom is -0.324 e. The summed E-state index contributed by atoms with van der Waals surface area (Å²) in [5.74, 6) is -0.0456. The quantitative estimate of drug-likeness (QED) is 0.887. The highest BCUT2D eigenvalue weighted by atomic mass is 35.5. The molecule has 1 atom stereocenters. The molecule has 0 bridgehead atoms. The van der Waals surface area contributed by atoms with E-state index in [1.807, 2.05) is 12.1 Å². The number of benzene rings is 1. The lowest BCUT2D eigenvalue weighted by atomic mass is 9.87. The van der Waals surface area contributed by atoms with Crippen LogP contribution in [0.5, 0.6) is 0 Å². The van der Waals surface area contributed by atoms with Crippen molar-refractivity contribution in [3.63, 3.8) is 0 Å². The van der Waals surface area contributed by atoms with Gasteiger partial charge < -0.3 is 10.6 Å². The van der Waals surface area contributed by atoms with E-state index in [-0.39, 0.29) is 11.3 Å². The minimum absolute atomic E-state index is 0.0456. The molecule has 1 aromatic rings. The summed E-state index contributed by atoms with van der Waals surface area (Å²) >= 11 is 6.01. The van der Waals surface area contributed by atoms with Gasteiger partial charge in [-0.05, 0) is 30.4 Å². The van der Waals surface area contributed by atoms with E-state index in [2.05, 4.69) is 24.5 Å². The minimum atomic E-state index is -0.0456. The fourth-order valence-electron chi connectivity index (χ4n) is 2.68. The zero-order valence-electron chi connectivity index (χ0n) is 11.5. The Morgan fingerprint density at radius 2 is 2.16 bits per heavy atom. The number of para-hydroxylation sites is 1. The van der Waals surface area contributed by atoms with Gasteiger partial charge in [0.05, 0.1) is 17.3 Å². The fourth-order valence-corrected chi connectivity index (χ4v) is 2.86. The van der Waals surface area contributed by atoms with E-state index in [1.165, 1.54) is 12.8 Å². The molecule has 1 fully saturated rings. The number of carbonyl (C=O) groups excluding carboxylic acids is 1. The molecule has 0 heterocycles. The van der Waals surface area contributed by atoms with Gasteiger partial charge in [-0.1, -0.05) is 44.0 Å². The molecule has 0 spiro atoms. The van der Waals surface area contributed by atoms with Crippen molar-refractivity contribution in [3.05, 3.63) is 29.3 Å². The summed E-state index contributed by atoms with van der Waals surface area (Å²) in [4.78, 5) is 11.9. The van der Waals surface area contributed by atoms with Crippen LogP contribution in [-0.4, -0.2) is 18.5 Å². The van der Waals surface area contributed by atoms with Crippen LogP contribution >= 0.6 is 11.6 Å². The Bertz CT molecular complexity index is 459. The maximum absolute atomic E-state index is 11.9. The van der Waals surface area contributed by atoms with E-state index in [0.29, 0.717) is 23.3 Å². The monoisotopic (exact) mass is 280 g/mol. The summed E-state index contributed by atoms with van der Waals surface area (Å²) in [7, 11) is 0. The van der Waals surface area contributed by atoms with E-state index >= 15 is 0 Å². The third kappa shape index (κ3) is 3.71. The van der Waals surface area contributed by atoms with Gasteiger partial charge in [-0.3, -0.25) is 4.79 Å². The van der Waals surface area contributed by atoms with Gasteiger partial charge in [0.25, 0.3) is 0 Å². The molecule has 0 saturated heterocycles. The highest BCUT2D eigenvalue weighted by molar-refractivity contribution is 6.33. The second-order valence-electron chi connectivity index (χ2n) is 5.84. The summed E-state index contributed by atoms with van der Waals surface area (Å²) in [6, 6.07) is 7.70. The van der Waals surface area contributed by atoms with Crippen LogP contribution in [0.3, 0.4) is 0 Å². The highest BCUT2D eigenvalue weighted by Gasteiger charge is 2.34. The Morgan fingerprint density at radius 1 is 1.42 bits per heavy atom. The van der Waals surface area contributed by atoms with E-state index < -0.39 is 0 Å². The number of hydrogen-bond donors (Lipinski definition) is 2. The van der Waals surface area contributed by atoms with E-state index in [4.69, 9.17) is 11.6 Å². The second kappa shape index (κ2) is 5.93. The summed E-state index contributed by atoms with van der Waals surface area (Å²) < 4.78 is 0. The summed E-state index contributed by atoms with van der Waals surface area (Å²) in [6.07, 6.45) is 3.60. The maximum Gasteiger partial charge on any atom is 0.238 e. The smallest absolute Gasteiger partial charge is 0.238 e. The standard InChI is InChI=1S/C15H21ClN2O/c1-15(2)9-5-8-13(15)17-10-14(19)18-12-7-4-3-6-11(12)16/h3-4,6-7,13,17H,5,8-10H2,1-2H3,(H,18,19). The molecule has 3 nitrogen and oxygen atoms in total. The Labute approximate surface area is 119 Å². The van der Waals surface area contributed by atoms with Crippen LogP contribution in [0.1, 0.15) is 33.1 Å². The first-order chi connectivity index (χ1) is 8.99. The van der Waals surface area contributed by atoms with Crippen molar-refractivity contribution in [2.45, 2.75) is 39.2 Å². The van der Waals surface area contributed by atoms with Gasteiger partial charge in [0.1, 0.15) is 0 Å². The SMILES string of the molecule is CC1(C)CCCC1NCC(=O)Nc1ccccc1Cl. The summed E-state index contributed by atoms with van der Waals surface area (Å²) in [6.45, 7) is 4.84. The molecule has 19 heavy (non-hydrogen) atoms. The third-order valence-electron chi connectivity index (χ3n) is 3.91. The number of nitrogens with one attached hydrogen (secondary N) is 2. The lowest BCUT2D eigenvalue weighted by Crippen LogP contribution is -2.41. The number of hydrogen-bond acceptors (Lipinski definition) is 2. The van der Waals surface area contributed by atoms with Crippen molar-refractivity contribution >= 4 is 23.2 Å². The van der Waals surface area contributed by atoms with Crippen molar-refractivity contribution in [2.24, 2.45) is 5.41 Å². The lowest BCUT2D eigenvalue weighted by Gasteiger charge is -2.27. The predicted octanol–water partition coefficient (Wildman–Crippen LogP) is 3.45. The number of amides is 1. The van der Waals surface area contributed by atoms with E-state index in [9.17, 15) is 4.79 Å². The summed E-state index contributed by atoms with van der Waals surface area (Å²) in [5.41, 5.74) is 0.951. The molecule has 0 aromatic heterocycles. The normalized spacial score (nSPS) is 21.3. The fraction of sp³-hybridized carbons (Fsp3) is 0.533. The maximum atomic E-state index is 11.9. The molecular formula is C15H21ClN2O. The Balaban J connectivity index is 1.84. The average Bonchev–Trinajstić information content (AvgIpc) is 2.69. The predicted molar refractivity (Wildman–Crippen MR) is 79.5 cm³/mol. The van der Waals surface area contributed by atoms with Crippen molar-refractivity contribution in [1.82, 2.24) is 5.32 Å². The lowest BCUT2D eigenvalue weighted by molar-refractivity contribution is -0.115. The first-order valence-corrected chi connectivity index (χ1v) is 7.14. The van der Waals surface area contributed by atoms with Crippen molar-refractivity contribution in [2.75, 3.05) is 11.9 Å². The molecule has 0 aliphatic heterocycles. The molecule has 2 rings (SSSR count). The highest BCUT2D eigenvalue weighted by Crippen LogP contribution is 2.36. The van der Waals surface area contributed by atoms with Crippen molar-refractivity contribution in [1.29, 1.82) is 0 Å². The van der Waals surface area contributed by atoms with Gasteiger partial charge in [-0.25, -0.2) is 0 Å². The molecule has 0 radical (unpaired) electrons. The van der Waals surface area contributed by atoms with Gasteiger partial charge in [-0.2, -0.15) is 0 Å². The Hall–Kier alpha value is -1.06. The Kier molecular flexibility index (Phi) is 4.48. The molecular weight excluding hydrogens is 260 g/mol. The molecule has 1 aliphatic carbocycles. The molecule has 4 heteroatoms. The van der Waals surface area contributed by atoms with Crippen LogP contribution in [0.4, 0.5) is 5.69 Å². The van der Waals surface area contributed by atoms with Crippen molar-refractivity contribution in [3.8, 4) is 0 Å². The number of anilines is 1. The van der Waals surface area contributed by atoms with Crippen molar-refractivity contribution < 1.29 is 4.79 Å². The zero-order valence-corrected chi connectivity index (χ0v) is 12.3. The van der Waals surface area contributed by atoms with Crippen LogP contribution in [0, 0.1) is 5.41 Å². The molecule has 1 unspecified atom stereocenters. The van der Waals surface area contributed by atoms with Gasteiger partial charge in [0, 0.05) is 6.04 Å². The third-order valence-corrected chi connectivity index (χ3v) is 4.24. The van der Waals surface area contributed by atoms with E-state index in [1.54, 1.807) is 12.1 Å². The van der Waals surface area contributed by atoms with Gasteiger partial charge in [0.15, 0.2) is 0 Å². The van der Waals surface area contributed by atoms with Crippen LogP contribution in [0.15, 0.2) is 24.3 Å². The molecule has 104 valence electrons. The number of halogens is 1. The zero-order chi connectivity index (χ0) is 13.9. The molecule has 1 saturated carbocycles. The number of rotatable bonds is 4. The average molecular weight is 281 g/mol. The second-order valence-corrected chi connectivity index (χ2v) is 6.25. The molecule has 1 amide bonds. The van der Waals surface area contributed by atoms with Gasteiger partial charge in [0.2, 0.25) is 5.91 Å².